The summed E-state index contributed by atoms with van der Waals surface area (Å²) in [5, 5.41) is 6.87. The highest BCUT2D eigenvalue weighted by Gasteiger charge is 2.25. The molecule has 0 saturated carbocycles. The van der Waals surface area contributed by atoms with Crippen molar-refractivity contribution in [1.29, 1.82) is 0 Å². The van der Waals surface area contributed by atoms with Gasteiger partial charge in [-0.05, 0) is 28.8 Å². The van der Waals surface area contributed by atoms with Gasteiger partial charge >= 0.3 is 0 Å². The smallest absolute Gasteiger partial charge is 0.241 e. The largest absolute Gasteiger partial charge is 0.353 e. The lowest BCUT2D eigenvalue weighted by Crippen LogP contribution is -2.47. The number of carbonyl (C=O) groups is 1. The van der Waals surface area contributed by atoms with E-state index in [0.29, 0.717) is 11.6 Å². The zero-order chi connectivity index (χ0) is 13.9. The standard InChI is InChI=1S/C16H15ClN2O/c17-12-7-5-11(6-8-12)13-3-1-2-4-14(13)15-16(20)19-10-9-18-15/h1-8,15,18H,9-10H2,(H,19,20). The van der Waals surface area contributed by atoms with Crippen molar-refractivity contribution >= 4 is 17.5 Å². The fraction of sp³-hybridized carbons (Fsp3) is 0.188. The first-order valence-electron chi connectivity index (χ1n) is 6.61. The highest BCUT2D eigenvalue weighted by atomic mass is 35.5. The number of benzene rings is 2. The fourth-order valence-electron chi connectivity index (χ4n) is 2.49. The van der Waals surface area contributed by atoms with Gasteiger partial charge in [0, 0.05) is 18.1 Å². The van der Waals surface area contributed by atoms with Crippen LogP contribution in [0.15, 0.2) is 48.5 Å². The van der Waals surface area contributed by atoms with Crippen LogP contribution in [0, 0.1) is 0 Å². The monoisotopic (exact) mass is 286 g/mol. The molecule has 20 heavy (non-hydrogen) atoms. The first-order chi connectivity index (χ1) is 9.75. The number of nitrogens with one attached hydrogen (secondary N) is 2. The summed E-state index contributed by atoms with van der Waals surface area (Å²) in [6.45, 7) is 1.46. The Morgan fingerprint density at radius 2 is 1.75 bits per heavy atom. The molecule has 1 saturated heterocycles. The molecule has 1 amide bonds. The minimum absolute atomic E-state index is 0.0256. The molecule has 1 fully saturated rings. The Hall–Kier alpha value is -1.84. The van der Waals surface area contributed by atoms with Crippen LogP contribution in [0.5, 0.6) is 0 Å². The van der Waals surface area contributed by atoms with Gasteiger partial charge in [-0.2, -0.15) is 0 Å². The third kappa shape index (κ3) is 2.55. The maximum Gasteiger partial charge on any atom is 0.241 e. The Bertz CT molecular complexity index is 625. The third-order valence-corrected chi connectivity index (χ3v) is 3.71. The van der Waals surface area contributed by atoms with Gasteiger partial charge in [0.2, 0.25) is 5.91 Å². The van der Waals surface area contributed by atoms with E-state index in [1.165, 1.54) is 0 Å². The van der Waals surface area contributed by atoms with Gasteiger partial charge in [0.05, 0.1) is 0 Å². The normalized spacial score (nSPS) is 18.6. The molecule has 2 N–H and O–H groups in total. The topological polar surface area (TPSA) is 41.1 Å². The minimum Gasteiger partial charge on any atom is -0.353 e. The molecule has 102 valence electrons. The number of carbonyl (C=O) groups excluding carboxylic acids is 1. The van der Waals surface area contributed by atoms with E-state index in [2.05, 4.69) is 10.6 Å². The predicted molar refractivity (Wildman–Crippen MR) is 80.6 cm³/mol. The van der Waals surface area contributed by atoms with Gasteiger partial charge in [-0.1, -0.05) is 48.0 Å². The van der Waals surface area contributed by atoms with E-state index in [9.17, 15) is 4.79 Å². The molecule has 1 aliphatic heterocycles. The van der Waals surface area contributed by atoms with Crippen molar-refractivity contribution in [3.05, 3.63) is 59.1 Å². The summed E-state index contributed by atoms with van der Waals surface area (Å²) in [5.74, 6) is 0.0256. The number of piperazine rings is 1. The molecule has 1 unspecified atom stereocenters. The Morgan fingerprint density at radius 3 is 2.50 bits per heavy atom. The number of hydrogen-bond acceptors (Lipinski definition) is 2. The molecule has 2 aromatic carbocycles. The molecule has 4 heteroatoms. The molecule has 0 spiro atoms. The van der Waals surface area contributed by atoms with Gasteiger partial charge in [-0.15, -0.1) is 0 Å². The average molecular weight is 287 g/mol. The van der Waals surface area contributed by atoms with Crippen molar-refractivity contribution in [2.75, 3.05) is 13.1 Å². The van der Waals surface area contributed by atoms with Crippen LogP contribution in [-0.2, 0) is 4.79 Å². The highest BCUT2D eigenvalue weighted by molar-refractivity contribution is 6.30. The number of amides is 1. The Morgan fingerprint density at radius 1 is 1.00 bits per heavy atom. The van der Waals surface area contributed by atoms with Crippen molar-refractivity contribution in [2.24, 2.45) is 0 Å². The molecular formula is C16H15ClN2O. The van der Waals surface area contributed by atoms with Crippen LogP contribution in [0.1, 0.15) is 11.6 Å². The zero-order valence-electron chi connectivity index (χ0n) is 10.9. The van der Waals surface area contributed by atoms with E-state index < -0.39 is 0 Å². The molecule has 1 aliphatic rings. The average Bonchev–Trinajstić information content (AvgIpc) is 2.49. The van der Waals surface area contributed by atoms with Crippen LogP contribution >= 0.6 is 11.6 Å². The second-order valence-electron chi connectivity index (χ2n) is 4.77. The van der Waals surface area contributed by atoms with Crippen molar-refractivity contribution in [2.45, 2.75) is 6.04 Å². The number of rotatable bonds is 2. The third-order valence-electron chi connectivity index (χ3n) is 3.46. The van der Waals surface area contributed by atoms with E-state index in [1.807, 2.05) is 48.5 Å². The lowest BCUT2D eigenvalue weighted by molar-refractivity contribution is -0.124. The van der Waals surface area contributed by atoms with Crippen molar-refractivity contribution in [3.63, 3.8) is 0 Å². The Balaban J connectivity index is 2.03. The fourth-order valence-corrected chi connectivity index (χ4v) is 2.62. The summed E-state index contributed by atoms with van der Waals surface area (Å²) in [4.78, 5) is 12.0. The first kappa shape index (κ1) is 13.2. The van der Waals surface area contributed by atoms with Gasteiger partial charge in [0.25, 0.3) is 0 Å². The molecule has 1 heterocycles. The van der Waals surface area contributed by atoms with Gasteiger partial charge in [-0.3, -0.25) is 4.79 Å². The minimum atomic E-state index is -0.296. The molecule has 2 aromatic rings. The molecule has 0 bridgehead atoms. The second kappa shape index (κ2) is 5.65. The van der Waals surface area contributed by atoms with E-state index in [-0.39, 0.29) is 11.9 Å². The van der Waals surface area contributed by atoms with Crippen molar-refractivity contribution in [1.82, 2.24) is 10.6 Å². The van der Waals surface area contributed by atoms with Crippen LogP contribution < -0.4 is 10.6 Å². The number of hydrogen-bond donors (Lipinski definition) is 2. The molecule has 0 radical (unpaired) electrons. The number of halogens is 1. The van der Waals surface area contributed by atoms with E-state index in [4.69, 9.17) is 11.6 Å². The lowest BCUT2D eigenvalue weighted by Gasteiger charge is -2.25. The molecule has 3 rings (SSSR count). The van der Waals surface area contributed by atoms with Crippen LogP contribution in [-0.4, -0.2) is 19.0 Å². The molecule has 1 atom stereocenters. The van der Waals surface area contributed by atoms with Crippen molar-refractivity contribution < 1.29 is 4.79 Å². The molecule has 0 aliphatic carbocycles. The van der Waals surface area contributed by atoms with Crippen molar-refractivity contribution in [3.8, 4) is 11.1 Å². The van der Waals surface area contributed by atoms with Gasteiger partial charge < -0.3 is 10.6 Å². The summed E-state index contributed by atoms with van der Waals surface area (Å²) in [5.41, 5.74) is 3.11. The van der Waals surface area contributed by atoms with Crippen LogP contribution in [0.3, 0.4) is 0 Å². The second-order valence-corrected chi connectivity index (χ2v) is 5.21. The maximum absolute atomic E-state index is 12.0. The zero-order valence-corrected chi connectivity index (χ0v) is 11.7. The van der Waals surface area contributed by atoms with E-state index in [0.717, 1.165) is 23.2 Å². The van der Waals surface area contributed by atoms with Crippen LogP contribution in [0.4, 0.5) is 0 Å². The Kier molecular flexibility index (Phi) is 3.72. The lowest BCUT2D eigenvalue weighted by atomic mass is 9.94. The summed E-state index contributed by atoms with van der Waals surface area (Å²) in [6, 6.07) is 15.3. The first-order valence-corrected chi connectivity index (χ1v) is 6.99. The summed E-state index contributed by atoms with van der Waals surface area (Å²) >= 11 is 5.93. The predicted octanol–water partition coefficient (Wildman–Crippen LogP) is 2.77. The Labute approximate surface area is 123 Å². The summed E-state index contributed by atoms with van der Waals surface area (Å²) < 4.78 is 0. The highest BCUT2D eigenvalue weighted by Crippen LogP contribution is 2.29. The van der Waals surface area contributed by atoms with E-state index in [1.54, 1.807) is 0 Å². The van der Waals surface area contributed by atoms with Crippen LogP contribution in [0.25, 0.3) is 11.1 Å². The molecule has 3 nitrogen and oxygen atoms in total. The summed E-state index contributed by atoms with van der Waals surface area (Å²) in [6.07, 6.45) is 0. The van der Waals surface area contributed by atoms with Gasteiger partial charge in [0.15, 0.2) is 0 Å². The van der Waals surface area contributed by atoms with Gasteiger partial charge in [0.1, 0.15) is 6.04 Å². The van der Waals surface area contributed by atoms with Gasteiger partial charge in [-0.25, -0.2) is 0 Å². The molecular weight excluding hydrogens is 272 g/mol. The quantitative estimate of drug-likeness (QED) is 0.891. The van der Waals surface area contributed by atoms with Crippen LogP contribution in [0.2, 0.25) is 5.02 Å². The maximum atomic E-state index is 12.0. The molecule has 0 aromatic heterocycles. The SMILES string of the molecule is O=C1NCCNC1c1ccccc1-c1ccc(Cl)cc1. The van der Waals surface area contributed by atoms with E-state index >= 15 is 0 Å². The summed E-state index contributed by atoms with van der Waals surface area (Å²) in [7, 11) is 0.